The molecule has 0 saturated heterocycles. The molecule has 0 saturated carbocycles. The summed E-state index contributed by atoms with van der Waals surface area (Å²) in [5, 5.41) is 5.27. The van der Waals surface area contributed by atoms with Crippen LogP contribution >= 0.6 is 34.8 Å². The molecule has 3 nitrogen and oxygen atoms in total. The van der Waals surface area contributed by atoms with E-state index < -0.39 is 0 Å². The van der Waals surface area contributed by atoms with Gasteiger partial charge in [-0.1, -0.05) is 79.9 Å². The summed E-state index contributed by atoms with van der Waals surface area (Å²) in [6.45, 7) is 6.64. The maximum Gasteiger partial charge on any atom is 0.163 e. The monoisotopic (exact) mass is 471 g/mol. The van der Waals surface area contributed by atoms with E-state index in [9.17, 15) is 0 Å². The van der Waals surface area contributed by atoms with Crippen molar-refractivity contribution < 1.29 is 9.47 Å². The van der Waals surface area contributed by atoms with Gasteiger partial charge in [-0.3, -0.25) is 0 Å². The maximum atomic E-state index is 6.52. The lowest BCUT2D eigenvalue weighted by Crippen LogP contribution is -2.15. The molecule has 30 heavy (non-hydrogen) atoms. The fraction of sp³-hybridized carbons (Fsp3) is 0.500. The highest BCUT2D eigenvalue weighted by Gasteiger charge is 2.13. The first-order valence-corrected chi connectivity index (χ1v) is 11.9. The largest absolute Gasteiger partial charge is 0.490 e. The van der Waals surface area contributed by atoms with Gasteiger partial charge in [0, 0.05) is 33.2 Å². The first-order chi connectivity index (χ1) is 14.6. The van der Waals surface area contributed by atoms with Crippen molar-refractivity contribution in [2.75, 3.05) is 13.2 Å². The smallest absolute Gasteiger partial charge is 0.163 e. The first kappa shape index (κ1) is 25.1. The standard InChI is InChI=1S/C24H32Cl3NO2/c1-3-5-6-7-8-9-13-28-16-18-14-23(29-4-2)24(15-22(18)27)30-17-19-20(25)11-10-12-21(19)26/h10-12,14-15,28H,3-9,13,16-17H2,1-2H3. The van der Waals surface area contributed by atoms with Crippen LogP contribution in [-0.4, -0.2) is 13.2 Å². The molecule has 0 fully saturated rings. The van der Waals surface area contributed by atoms with Crippen molar-refractivity contribution in [1.29, 1.82) is 0 Å². The van der Waals surface area contributed by atoms with Crippen LogP contribution in [0.1, 0.15) is 63.5 Å². The van der Waals surface area contributed by atoms with Crippen LogP contribution in [0.5, 0.6) is 11.5 Å². The first-order valence-electron chi connectivity index (χ1n) is 10.8. The molecule has 0 radical (unpaired) electrons. The van der Waals surface area contributed by atoms with Crippen molar-refractivity contribution in [2.45, 2.75) is 65.5 Å². The molecule has 166 valence electrons. The zero-order chi connectivity index (χ0) is 21.8. The van der Waals surface area contributed by atoms with Crippen LogP contribution in [0.15, 0.2) is 30.3 Å². The van der Waals surface area contributed by atoms with E-state index in [1.807, 2.05) is 19.1 Å². The van der Waals surface area contributed by atoms with E-state index >= 15 is 0 Å². The number of hydrogen-bond donors (Lipinski definition) is 1. The fourth-order valence-electron chi connectivity index (χ4n) is 3.17. The van der Waals surface area contributed by atoms with Gasteiger partial charge in [-0.15, -0.1) is 0 Å². The normalized spacial score (nSPS) is 11.0. The predicted molar refractivity (Wildman–Crippen MR) is 128 cm³/mol. The minimum atomic E-state index is 0.241. The molecule has 2 rings (SSSR count). The third kappa shape index (κ3) is 8.19. The highest BCUT2D eigenvalue weighted by atomic mass is 35.5. The van der Waals surface area contributed by atoms with Crippen molar-refractivity contribution in [1.82, 2.24) is 5.32 Å². The third-order valence-corrected chi connectivity index (χ3v) is 5.93. The van der Waals surface area contributed by atoms with Crippen molar-refractivity contribution in [2.24, 2.45) is 0 Å². The molecule has 2 aromatic rings. The molecule has 0 aromatic heterocycles. The second kappa shape index (κ2) is 14.0. The molecule has 2 aromatic carbocycles. The summed E-state index contributed by atoms with van der Waals surface area (Å²) in [5.74, 6) is 1.25. The molecular weight excluding hydrogens is 441 g/mol. The highest BCUT2D eigenvalue weighted by Crippen LogP contribution is 2.35. The Labute approximate surface area is 196 Å². The number of unbranched alkanes of at least 4 members (excludes halogenated alkanes) is 5. The summed E-state index contributed by atoms with van der Waals surface area (Å²) in [6.07, 6.45) is 7.71. The van der Waals surface area contributed by atoms with Crippen LogP contribution in [0.4, 0.5) is 0 Å². The van der Waals surface area contributed by atoms with Gasteiger partial charge < -0.3 is 14.8 Å². The molecule has 0 aliphatic heterocycles. The lowest BCUT2D eigenvalue weighted by atomic mass is 10.1. The van der Waals surface area contributed by atoms with Gasteiger partial charge in [0.05, 0.1) is 6.61 Å². The van der Waals surface area contributed by atoms with E-state index in [1.54, 1.807) is 18.2 Å². The third-order valence-electron chi connectivity index (χ3n) is 4.87. The summed E-state index contributed by atoms with van der Waals surface area (Å²) in [7, 11) is 0. The summed E-state index contributed by atoms with van der Waals surface area (Å²) >= 11 is 19.0. The van der Waals surface area contributed by atoms with Gasteiger partial charge in [0.25, 0.3) is 0 Å². The Kier molecular flexibility index (Phi) is 11.8. The van der Waals surface area contributed by atoms with Crippen LogP contribution in [0.25, 0.3) is 0 Å². The second-order valence-corrected chi connectivity index (χ2v) is 8.48. The van der Waals surface area contributed by atoms with Crippen molar-refractivity contribution >= 4 is 34.8 Å². The number of halogens is 3. The van der Waals surface area contributed by atoms with E-state index in [0.717, 1.165) is 17.7 Å². The van der Waals surface area contributed by atoms with Crippen LogP contribution < -0.4 is 14.8 Å². The molecule has 0 atom stereocenters. The number of hydrogen-bond acceptors (Lipinski definition) is 3. The minimum absolute atomic E-state index is 0.241. The molecule has 6 heteroatoms. The molecular formula is C24H32Cl3NO2. The van der Waals surface area contributed by atoms with Gasteiger partial charge in [0.15, 0.2) is 11.5 Å². The van der Waals surface area contributed by atoms with E-state index in [1.165, 1.54) is 38.5 Å². The Balaban J connectivity index is 1.94. The zero-order valence-corrected chi connectivity index (χ0v) is 20.2. The topological polar surface area (TPSA) is 30.5 Å². The number of ether oxygens (including phenoxy) is 2. The highest BCUT2D eigenvalue weighted by molar-refractivity contribution is 6.36. The van der Waals surface area contributed by atoms with E-state index in [4.69, 9.17) is 44.3 Å². The van der Waals surface area contributed by atoms with Crippen LogP contribution in [0, 0.1) is 0 Å². The molecule has 0 heterocycles. The number of benzene rings is 2. The Morgan fingerprint density at radius 1 is 0.800 bits per heavy atom. The molecule has 0 bridgehead atoms. The second-order valence-electron chi connectivity index (χ2n) is 7.26. The van der Waals surface area contributed by atoms with Crippen LogP contribution in [0.3, 0.4) is 0 Å². The van der Waals surface area contributed by atoms with Gasteiger partial charge in [0.1, 0.15) is 6.61 Å². The number of nitrogens with one attached hydrogen (secondary N) is 1. The maximum absolute atomic E-state index is 6.52. The lowest BCUT2D eigenvalue weighted by Gasteiger charge is -2.16. The van der Waals surface area contributed by atoms with E-state index in [0.29, 0.717) is 39.7 Å². The minimum Gasteiger partial charge on any atom is -0.490 e. The fourth-order valence-corrected chi connectivity index (χ4v) is 3.89. The summed E-state index contributed by atoms with van der Waals surface area (Å²) in [5.41, 5.74) is 1.73. The van der Waals surface area contributed by atoms with Gasteiger partial charge in [-0.2, -0.15) is 0 Å². The van der Waals surface area contributed by atoms with Crippen molar-refractivity contribution in [3.63, 3.8) is 0 Å². The molecule has 0 aliphatic rings. The Morgan fingerprint density at radius 3 is 2.17 bits per heavy atom. The SMILES string of the molecule is CCCCCCCCNCc1cc(OCC)c(OCc2c(Cl)cccc2Cl)cc1Cl. The molecule has 0 aliphatic carbocycles. The van der Waals surface area contributed by atoms with E-state index in [2.05, 4.69) is 12.2 Å². The average molecular weight is 473 g/mol. The Morgan fingerprint density at radius 2 is 1.47 bits per heavy atom. The van der Waals surface area contributed by atoms with Crippen molar-refractivity contribution in [3.05, 3.63) is 56.5 Å². The number of rotatable bonds is 14. The summed E-state index contributed by atoms with van der Waals surface area (Å²) < 4.78 is 11.8. The quantitative estimate of drug-likeness (QED) is 0.282. The lowest BCUT2D eigenvalue weighted by molar-refractivity contribution is 0.269. The molecule has 1 N–H and O–H groups in total. The average Bonchev–Trinajstić information content (AvgIpc) is 2.72. The van der Waals surface area contributed by atoms with Crippen LogP contribution in [-0.2, 0) is 13.2 Å². The van der Waals surface area contributed by atoms with E-state index in [-0.39, 0.29) is 6.61 Å². The Bertz CT molecular complexity index is 763. The molecule has 0 spiro atoms. The van der Waals surface area contributed by atoms with Gasteiger partial charge in [0.2, 0.25) is 0 Å². The van der Waals surface area contributed by atoms with Gasteiger partial charge in [-0.25, -0.2) is 0 Å². The Hall–Kier alpha value is -1.13. The van der Waals surface area contributed by atoms with Gasteiger partial charge in [-0.05, 0) is 43.7 Å². The summed E-state index contributed by atoms with van der Waals surface area (Å²) in [4.78, 5) is 0. The van der Waals surface area contributed by atoms with Crippen molar-refractivity contribution in [3.8, 4) is 11.5 Å². The summed E-state index contributed by atoms with van der Waals surface area (Å²) in [6, 6.07) is 9.15. The van der Waals surface area contributed by atoms with Gasteiger partial charge >= 0.3 is 0 Å². The zero-order valence-electron chi connectivity index (χ0n) is 17.9. The molecule has 0 unspecified atom stereocenters. The predicted octanol–water partition coefficient (Wildman–Crippen LogP) is 8.07. The molecule has 0 amide bonds. The van der Waals surface area contributed by atoms with Crippen LogP contribution in [0.2, 0.25) is 15.1 Å².